The van der Waals surface area contributed by atoms with E-state index in [1.807, 2.05) is 34.6 Å². The van der Waals surface area contributed by atoms with Crippen molar-refractivity contribution in [1.82, 2.24) is 5.06 Å². The summed E-state index contributed by atoms with van der Waals surface area (Å²) < 4.78 is 0. The molecule has 0 aromatic carbocycles. The Bertz CT molecular complexity index is 83.4. The van der Waals surface area contributed by atoms with Gasteiger partial charge < -0.3 is 0 Å². The fourth-order valence-electron chi connectivity index (χ4n) is 0.775. The fraction of sp³-hybridized carbons (Fsp3) is 1.00. The second-order valence-electron chi connectivity index (χ2n) is 3.59. The summed E-state index contributed by atoms with van der Waals surface area (Å²) in [5, 5.41) is 12.2. The predicted octanol–water partition coefficient (Wildman–Crippen LogP) is 1.84. The van der Waals surface area contributed by atoms with E-state index in [2.05, 4.69) is 0 Å². The summed E-state index contributed by atoms with van der Waals surface area (Å²) in [6.07, 6.45) is 0. The molecule has 0 saturated carbocycles. The highest BCUT2D eigenvalue weighted by Crippen LogP contribution is 2.13. The molecule has 0 aromatic heterocycles. The van der Waals surface area contributed by atoms with Crippen LogP contribution in [0.4, 0.5) is 0 Å². The second-order valence-corrected chi connectivity index (χ2v) is 3.59. The lowest BCUT2D eigenvalue weighted by molar-refractivity contribution is -0.232. The Hall–Kier alpha value is -0.0800. The number of rotatable bonds is 1. The maximum absolute atomic E-state index is 11.1. The van der Waals surface area contributed by atoms with Gasteiger partial charge in [-0.1, -0.05) is 0 Å². The molecular formula is C7H16NO. The Morgan fingerprint density at radius 1 is 1.22 bits per heavy atom. The first-order valence-corrected chi connectivity index (χ1v) is 3.32. The van der Waals surface area contributed by atoms with Crippen LogP contribution in [0.15, 0.2) is 0 Å². The van der Waals surface area contributed by atoms with E-state index in [0.717, 1.165) is 5.06 Å². The van der Waals surface area contributed by atoms with E-state index in [1.54, 1.807) is 0 Å². The van der Waals surface area contributed by atoms with E-state index in [0.29, 0.717) is 0 Å². The molecule has 0 aliphatic heterocycles. The molecule has 0 amide bonds. The maximum atomic E-state index is 11.1. The molecule has 9 heavy (non-hydrogen) atoms. The van der Waals surface area contributed by atoms with Crippen LogP contribution < -0.4 is 0 Å². The SMILES string of the molecule is CC(C)N([O])C(C)(C)C. The minimum Gasteiger partial charge on any atom is -0.147 e. The molecule has 0 aliphatic rings. The molecule has 0 spiro atoms. The average molecular weight is 130 g/mol. The molecule has 0 saturated heterocycles. The molecule has 0 bridgehead atoms. The fourth-order valence-corrected chi connectivity index (χ4v) is 0.775. The Labute approximate surface area is 57.4 Å². The van der Waals surface area contributed by atoms with E-state index < -0.39 is 0 Å². The van der Waals surface area contributed by atoms with Crippen LogP contribution in [0.5, 0.6) is 0 Å². The predicted molar refractivity (Wildman–Crippen MR) is 37.4 cm³/mol. The highest BCUT2D eigenvalue weighted by atomic mass is 16.5. The molecule has 0 unspecified atom stereocenters. The first kappa shape index (κ1) is 8.92. The van der Waals surface area contributed by atoms with E-state index >= 15 is 0 Å². The first-order chi connectivity index (χ1) is 3.85. The largest absolute Gasteiger partial charge is 0.147 e. The summed E-state index contributed by atoms with van der Waals surface area (Å²) in [5.41, 5.74) is -0.242. The summed E-state index contributed by atoms with van der Waals surface area (Å²) >= 11 is 0. The molecule has 1 radical (unpaired) electrons. The molecule has 55 valence electrons. The topological polar surface area (TPSA) is 23.1 Å². The van der Waals surface area contributed by atoms with Crippen molar-refractivity contribution in [3.05, 3.63) is 0 Å². The second kappa shape index (κ2) is 2.67. The minimum atomic E-state index is -0.242. The van der Waals surface area contributed by atoms with Crippen LogP contribution in [0.1, 0.15) is 34.6 Å². The Balaban J connectivity index is 3.88. The zero-order valence-electron chi connectivity index (χ0n) is 6.93. The van der Waals surface area contributed by atoms with E-state index in [9.17, 15) is 5.21 Å². The quantitative estimate of drug-likeness (QED) is 0.497. The molecule has 0 rings (SSSR count). The molecule has 2 heteroatoms. The van der Waals surface area contributed by atoms with Gasteiger partial charge in [0, 0.05) is 11.6 Å². The van der Waals surface area contributed by atoms with Crippen molar-refractivity contribution in [3.8, 4) is 0 Å². The third-order valence-corrected chi connectivity index (χ3v) is 1.13. The van der Waals surface area contributed by atoms with Gasteiger partial charge in [0.2, 0.25) is 0 Å². The standard InChI is InChI=1S/C7H16NO/c1-6(2)8(9)7(3,4)5/h6H,1-5H3. The molecular weight excluding hydrogens is 114 g/mol. The number of hydrogen-bond donors (Lipinski definition) is 0. The molecule has 0 atom stereocenters. The van der Waals surface area contributed by atoms with Gasteiger partial charge in [-0.25, -0.2) is 0 Å². The number of nitrogens with zero attached hydrogens (tertiary/aromatic N) is 1. The zero-order valence-corrected chi connectivity index (χ0v) is 6.93. The van der Waals surface area contributed by atoms with Crippen molar-refractivity contribution in [3.63, 3.8) is 0 Å². The average Bonchev–Trinajstić information content (AvgIpc) is 1.62. The van der Waals surface area contributed by atoms with E-state index in [1.165, 1.54) is 0 Å². The van der Waals surface area contributed by atoms with Gasteiger partial charge in [-0.15, -0.1) is 10.3 Å². The molecule has 2 nitrogen and oxygen atoms in total. The summed E-state index contributed by atoms with van der Waals surface area (Å²) in [6, 6.07) is 0.0880. The summed E-state index contributed by atoms with van der Waals surface area (Å²) in [6.45, 7) is 9.55. The third-order valence-electron chi connectivity index (χ3n) is 1.13. The van der Waals surface area contributed by atoms with Crippen LogP contribution >= 0.6 is 0 Å². The van der Waals surface area contributed by atoms with Crippen LogP contribution in [0, 0.1) is 0 Å². The lowest BCUT2D eigenvalue weighted by Gasteiger charge is -2.29. The van der Waals surface area contributed by atoms with Crippen molar-refractivity contribution in [2.45, 2.75) is 46.2 Å². The molecule has 0 heterocycles. The highest BCUT2D eigenvalue weighted by molar-refractivity contribution is 4.70. The van der Waals surface area contributed by atoms with Crippen LogP contribution in [0.3, 0.4) is 0 Å². The van der Waals surface area contributed by atoms with Gasteiger partial charge in [0.05, 0.1) is 0 Å². The van der Waals surface area contributed by atoms with Gasteiger partial charge in [-0.3, -0.25) is 0 Å². The molecule has 0 aliphatic carbocycles. The molecule has 0 fully saturated rings. The zero-order chi connectivity index (χ0) is 7.65. The van der Waals surface area contributed by atoms with Crippen molar-refractivity contribution in [2.75, 3.05) is 0 Å². The Morgan fingerprint density at radius 2 is 1.56 bits per heavy atom. The summed E-state index contributed by atoms with van der Waals surface area (Å²) in [7, 11) is 0. The van der Waals surface area contributed by atoms with Crippen molar-refractivity contribution >= 4 is 0 Å². The molecule has 0 N–H and O–H groups in total. The minimum absolute atomic E-state index is 0.0880. The maximum Gasteiger partial charge on any atom is 0.0412 e. The summed E-state index contributed by atoms with van der Waals surface area (Å²) in [4.78, 5) is 0. The highest BCUT2D eigenvalue weighted by Gasteiger charge is 2.22. The first-order valence-electron chi connectivity index (χ1n) is 3.32. The van der Waals surface area contributed by atoms with Gasteiger partial charge in [-0.05, 0) is 34.6 Å². The lowest BCUT2D eigenvalue weighted by Crippen LogP contribution is -2.41. The smallest absolute Gasteiger partial charge is 0.0412 e. The third kappa shape index (κ3) is 2.82. The van der Waals surface area contributed by atoms with Gasteiger partial charge in [-0.2, -0.15) is 0 Å². The van der Waals surface area contributed by atoms with Gasteiger partial charge in [0.1, 0.15) is 0 Å². The van der Waals surface area contributed by atoms with Crippen molar-refractivity contribution in [1.29, 1.82) is 0 Å². The van der Waals surface area contributed by atoms with Crippen LogP contribution in [-0.2, 0) is 5.21 Å². The van der Waals surface area contributed by atoms with Gasteiger partial charge in [0.15, 0.2) is 0 Å². The van der Waals surface area contributed by atoms with Crippen LogP contribution in [-0.4, -0.2) is 16.6 Å². The number of hydrogen-bond acceptors (Lipinski definition) is 1. The summed E-state index contributed by atoms with van der Waals surface area (Å²) in [5.74, 6) is 0. The van der Waals surface area contributed by atoms with E-state index in [4.69, 9.17) is 0 Å². The normalized spacial score (nSPS) is 13.3. The Kier molecular flexibility index (Phi) is 2.65. The lowest BCUT2D eigenvalue weighted by atomic mass is 10.1. The van der Waals surface area contributed by atoms with Crippen LogP contribution in [0.25, 0.3) is 0 Å². The van der Waals surface area contributed by atoms with Crippen molar-refractivity contribution in [2.24, 2.45) is 0 Å². The number of hydroxylamine groups is 2. The van der Waals surface area contributed by atoms with Gasteiger partial charge >= 0.3 is 0 Å². The van der Waals surface area contributed by atoms with E-state index in [-0.39, 0.29) is 11.6 Å². The van der Waals surface area contributed by atoms with Gasteiger partial charge in [0.25, 0.3) is 0 Å². The Morgan fingerprint density at radius 3 is 1.56 bits per heavy atom. The monoisotopic (exact) mass is 130 g/mol. The van der Waals surface area contributed by atoms with Crippen molar-refractivity contribution < 1.29 is 5.21 Å². The van der Waals surface area contributed by atoms with Crippen LogP contribution in [0.2, 0.25) is 0 Å². The molecule has 0 aromatic rings.